The maximum Gasteiger partial charge on any atom is 0.0633 e. The van der Waals surface area contributed by atoms with Gasteiger partial charge < -0.3 is 10.2 Å². The first-order valence-electron chi connectivity index (χ1n) is 6.61. The summed E-state index contributed by atoms with van der Waals surface area (Å²) in [4.78, 5) is 0. The Labute approximate surface area is 104 Å². The monoisotopic (exact) mass is 236 g/mol. The van der Waals surface area contributed by atoms with Crippen LogP contribution in [0.3, 0.4) is 0 Å². The molecule has 0 aromatic heterocycles. The predicted molar refractivity (Wildman–Crippen MR) is 71.0 cm³/mol. The zero-order valence-corrected chi connectivity index (χ0v) is 10.8. The lowest BCUT2D eigenvalue weighted by molar-refractivity contribution is 0.0429. The minimum Gasteiger partial charge on any atom is -0.392 e. The van der Waals surface area contributed by atoms with Gasteiger partial charge in [-0.25, -0.2) is 0 Å². The molecular weight excluding hydrogens is 212 g/mol. The summed E-state index contributed by atoms with van der Waals surface area (Å²) >= 11 is 0. The number of hydrogen-bond donors (Lipinski definition) is 2. The molecule has 1 rings (SSSR count). The number of aliphatic hydroxyl groups excluding tert-OH is 2. The number of hydrogen-bond acceptors (Lipinski definition) is 2. The van der Waals surface area contributed by atoms with Gasteiger partial charge >= 0.3 is 0 Å². The largest absolute Gasteiger partial charge is 0.392 e. The topological polar surface area (TPSA) is 40.5 Å². The summed E-state index contributed by atoms with van der Waals surface area (Å²) in [5.41, 5.74) is 1.04. The average Bonchev–Trinajstić information content (AvgIpc) is 2.31. The van der Waals surface area contributed by atoms with Gasteiger partial charge in [0.05, 0.1) is 12.2 Å². The standard InChI is InChI=1S/C15H24O2/c1-3-8-13(16)15(14(17)9-4-2)12-10-6-5-7-11-12/h5-7,10-11,13-17H,3-4,8-9H2,1-2H3. The predicted octanol–water partition coefficient (Wildman–Crippen LogP) is 3.09. The first-order valence-corrected chi connectivity index (χ1v) is 6.61. The van der Waals surface area contributed by atoms with Crippen molar-refractivity contribution in [3.63, 3.8) is 0 Å². The molecule has 0 aliphatic heterocycles. The Hall–Kier alpha value is -0.860. The van der Waals surface area contributed by atoms with Crippen molar-refractivity contribution in [1.82, 2.24) is 0 Å². The van der Waals surface area contributed by atoms with Gasteiger partial charge in [-0.05, 0) is 18.4 Å². The summed E-state index contributed by atoms with van der Waals surface area (Å²) in [6.07, 6.45) is 2.43. The molecular formula is C15H24O2. The van der Waals surface area contributed by atoms with E-state index < -0.39 is 12.2 Å². The van der Waals surface area contributed by atoms with Gasteiger partial charge in [-0.1, -0.05) is 57.0 Å². The molecule has 0 bridgehead atoms. The van der Waals surface area contributed by atoms with E-state index in [1.54, 1.807) is 0 Å². The highest BCUT2D eigenvalue weighted by molar-refractivity contribution is 5.22. The first kappa shape index (κ1) is 14.2. The quantitative estimate of drug-likeness (QED) is 0.763. The second kappa shape index (κ2) is 7.46. The van der Waals surface area contributed by atoms with Gasteiger partial charge in [-0.15, -0.1) is 0 Å². The highest BCUT2D eigenvalue weighted by Crippen LogP contribution is 2.28. The van der Waals surface area contributed by atoms with Gasteiger partial charge in [0, 0.05) is 5.92 Å². The van der Waals surface area contributed by atoms with Crippen LogP contribution >= 0.6 is 0 Å². The van der Waals surface area contributed by atoms with Crippen LogP contribution in [0.4, 0.5) is 0 Å². The van der Waals surface area contributed by atoms with Crippen molar-refractivity contribution >= 4 is 0 Å². The molecule has 2 heteroatoms. The van der Waals surface area contributed by atoms with E-state index in [-0.39, 0.29) is 5.92 Å². The molecule has 0 aliphatic carbocycles. The molecule has 0 spiro atoms. The Morgan fingerprint density at radius 3 is 1.76 bits per heavy atom. The fourth-order valence-electron chi connectivity index (χ4n) is 2.33. The minimum absolute atomic E-state index is 0.156. The second-order valence-corrected chi connectivity index (χ2v) is 4.65. The Balaban J connectivity index is 2.86. The fraction of sp³-hybridized carbons (Fsp3) is 0.600. The molecule has 0 amide bonds. The van der Waals surface area contributed by atoms with Crippen LogP contribution in [0.2, 0.25) is 0 Å². The molecule has 0 aliphatic rings. The molecule has 0 heterocycles. The average molecular weight is 236 g/mol. The molecule has 2 unspecified atom stereocenters. The summed E-state index contributed by atoms with van der Waals surface area (Å²) in [5, 5.41) is 20.4. The van der Waals surface area contributed by atoms with Crippen molar-refractivity contribution in [2.24, 2.45) is 0 Å². The maximum atomic E-state index is 10.2. The van der Waals surface area contributed by atoms with Gasteiger partial charge in [0.25, 0.3) is 0 Å². The third-order valence-electron chi connectivity index (χ3n) is 3.18. The number of aliphatic hydroxyl groups is 2. The van der Waals surface area contributed by atoms with Crippen molar-refractivity contribution in [2.45, 2.75) is 57.7 Å². The number of rotatable bonds is 7. The summed E-state index contributed by atoms with van der Waals surface area (Å²) in [6, 6.07) is 9.85. The molecule has 96 valence electrons. The van der Waals surface area contributed by atoms with Crippen molar-refractivity contribution in [3.8, 4) is 0 Å². The molecule has 17 heavy (non-hydrogen) atoms. The summed E-state index contributed by atoms with van der Waals surface area (Å²) in [7, 11) is 0. The highest BCUT2D eigenvalue weighted by atomic mass is 16.3. The maximum absolute atomic E-state index is 10.2. The Bertz CT molecular complexity index is 285. The van der Waals surface area contributed by atoms with Crippen LogP contribution in [0.5, 0.6) is 0 Å². The van der Waals surface area contributed by atoms with Gasteiger partial charge in [0.1, 0.15) is 0 Å². The van der Waals surface area contributed by atoms with Gasteiger partial charge in [-0.3, -0.25) is 0 Å². The smallest absolute Gasteiger partial charge is 0.0633 e. The summed E-state index contributed by atoms with van der Waals surface area (Å²) in [6.45, 7) is 4.11. The van der Waals surface area contributed by atoms with Crippen LogP contribution < -0.4 is 0 Å². The Kier molecular flexibility index (Phi) is 6.23. The van der Waals surface area contributed by atoms with Crippen molar-refractivity contribution in [3.05, 3.63) is 35.9 Å². The van der Waals surface area contributed by atoms with E-state index in [9.17, 15) is 10.2 Å². The van der Waals surface area contributed by atoms with Crippen molar-refractivity contribution < 1.29 is 10.2 Å². The molecule has 2 atom stereocenters. The molecule has 1 aromatic carbocycles. The normalized spacial score (nSPS) is 16.5. The third-order valence-corrected chi connectivity index (χ3v) is 3.18. The molecule has 1 aromatic rings. The Morgan fingerprint density at radius 1 is 0.882 bits per heavy atom. The van der Waals surface area contributed by atoms with Crippen LogP contribution in [0, 0.1) is 0 Å². The molecule has 0 saturated heterocycles. The van der Waals surface area contributed by atoms with Gasteiger partial charge in [-0.2, -0.15) is 0 Å². The van der Waals surface area contributed by atoms with Crippen LogP contribution in [0.25, 0.3) is 0 Å². The SMILES string of the molecule is CCCC(O)C(c1ccccc1)C(O)CCC. The van der Waals surface area contributed by atoms with E-state index in [0.717, 1.165) is 31.2 Å². The van der Waals surface area contributed by atoms with Gasteiger partial charge in [0.2, 0.25) is 0 Å². The van der Waals surface area contributed by atoms with Crippen LogP contribution in [-0.4, -0.2) is 22.4 Å². The Morgan fingerprint density at radius 2 is 1.35 bits per heavy atom. The second-order valence-electron chi connectivity index (χ2n) is 4.65. The lowest BCUT2D eigenvalue weighted by Crippen LogP contribution is -2.29. The van der Waals surface area contributed by atoms with Crippen LogP contribution in [0.15, 0.2) is 30.3 Å². The molecule has 2 nitrogen and oxygen atoms in total. The zero-order valence-electron chi connectivity index (χ0n) is 10.8. The molecule has 0 radical (unpaired) electrons. The lowest BCUT2D eigenvalue weighted by atomic mass is 9.84. The van der Waals surface area contributed by atoms with Gasteiger partial charge in [0.15, 0.2) is 0 Å². The summed E-state index contributed by atoms with van der Waals surface area (Å²) < 4.78 is 0. The van der Waals surface area contributed by atoms with E-state index in [4.69, 9.17) is 0 Å². The van der Waals surface area contributed by atoms with Crippen molar-refractivity contribution in [1.29, 1.82) is 0 Å². The van der Waals surface area contributed by atoms with Crippen LogP contribution in [-0.2, 0) is 0 Å². The van der Waals surface area contributed by atoms with Crippen LogP contribution in [0.1, 0.15) is 51.0 Å². The van der Waals surface area contributed by atoms with E-state index in [1.165, 1.54) is 0 Å². The fourth-order valence-corrected chi connectivity index (χ4v) is 2.33. The molecule has 0 fully saturated rings. The molecule has 0 saturated carbocycles. The minimum atomic E-state index is -0.455. The lowest BCUT2D eigenvalue weighted by Gasteiger charge is -2.28. The van der Waals surface area contributed by atoms with E-state index in [0.29, 0.717) is 0 Å². The number of benzene rings is 1. The van der Waals surface area contributed by atoms with E-state index >= 15 is 0 Å². The molecule has 2 N–H and O–H groups in total. The highest BCUT2D eigenvalue weighted by Gasteiger charge is 2.27. The third kappa shape index (κ3) is 4.14. The van der Waals surface area contributed by atoms with E-state index in [2.05, 4.69) is 13.8 Å². The first-order chi connectivity index (χ1) is 8.20. The zero-order chi connectivity index (χ0) is 12.7. The van der Waals surface area contributed by atoms with E-state index in [1.807, 2.05) is 30.3 Å². The summed E-state index contributed by atoms with van der Waals surface area (Å²) in [5.74, 6) is -0.156. The van der Waals surface area contributed by atoms with Crippen molar-refractivity contribution in [2.75, 3.05) is 0 Å².